The summed E-state index contributed by atoms with van der Waals surface area (Å²) < 4.78 is 6.01. The fraction of sp³-hybridized carbons (Fsp3) is 0.543. The van der Waals surface area contributed by atoms with E-state index in [1.165, 1.54) is 0 Å². The first-order valence-electron chi connectivity index (χ1n) is 17.8. The van der Waals surface area contributed by atoms with Crippen molar-refractivity contribution in [1.82, 2.24) is 30.0 Å². The number of anilines is 1. The zero-order valence-electron chi connectivity index (χ0n) is 28.8. The van der Waals surface area contributed by atoms with Gasteiger partial charge >= 0.3 is 12.1 Å². The fourth-order valence-electron chi connectivity index (χ4n) is 7.72. The minimum absolute atomic E-state index is 0.00524. The van der Waals surface area contributed by atoms with Crippen LogP contribution >= 0.6 is 0 Å². The van der Waals surface area contributed by atoms with Crippen molar-refractivity contribution in [3.63, 3.8) is 0 Å². The van der Waals surface area contributed by atoms with Gasteiger partial charge in [-0.2, -0.15) is 0 Å². The van der Waals surface area contributed by atoms with Crippen LogP contribution in [0.4, 0.5) is 15.3 Å². The number of carbonyl (C=O) groups is 4. The van der Waals surface area contributed by atoms with E-state index in [-0.39, 0.29) is 36.7 Å². The molecule has 4 heterocycles. The molecule has 2 aromatic carbocycles. The largest absolute Gasteiger partial charge is 0.509 e. The number of carbonyl (C=O) groups excluding carboxylic acids is 4. The van der Waals surface area contributed by atoms with Gasteiger partial charge < -0.3 is 29.9 Å². The molecule has 0 spiro atoms. The summed E-state index contributed by atoms with van der Waals surface area (Å²) in [6.45, 7) is 5.58. The maximum absolute atomic E-state index is 14.0. The molecule has 0 radical (unpaired) electrons. The number of benzene rings is 2. The summed E-state index contributed by atoms with van der Waals surface area (Å²) >= 11 is 0. The molecular weight excluding hydrogens is 641 g/mol. The Morgan fingerprint density at radius 3 is 2.30 bits per heavy atom. The van der Waals surface area contributed by atoms with Crippen LogP contribution in [-0.2, 0) is 27.2 Å². The van der Waals surface area contributed by atoms with Gasteiger partial charge in [-0.15, -0.1) is 0 Å². The van der Waals surface area contributed by atoms with E-state index in [1.54, 1.807) is 35.3 Å². The van der Waals surface area contributed by atoms with Crippen LogP contribution in [0.2, 0.25) is 0 Å². The minimum Gasteiger partial charge on any atom is -0.509 e. The van der Waals surface area contributed by atoms with E-state index in [0.29, 0.717) is 70.2 Å². The summed E-state index contributed by atoms with van der Waals surface area (Å²) in [5.41, 5.74) is 5.11. The molecule has 50 heavy (non-hydrogen) atoms. The maximum Gasteiger partial charge on any atom is 0.410 e. The number of rotatable bonds is 8. The first-order valence-corrected chi connectivity index (χ1v) is 17.8. The van der Waals surface area contributed by atoms with Gasteiger partial charge in [0.1, 0.15) is 13.6 Å². The summed E-state index contributed by atoms with van der Waals surface area (Å²) in [5.74, 6) is -0.479. The standard InChI is InChI=1S/C35H48BN7O7/c36-28-21-24(5-6-30(28)44)22-31(33(46)41-19-17-40(18-20-41)26-8-12-39(13-9-26)23-32(45)38-49)50-35(48)42-14-10-27(11-15-42)43-16-7-25-3-1-2-4-29(25)37-34(43)47/h1-6,21,26-27,31,44,49H,7-20,22-23,36H2,(H,37,47)(H,38,45)/t31-/m1/s1. The maximum atomic E-state index is 14.0. The Labute approximate surface area is 293 Å². The first kappa shape index (κ1) is 35.5. The van der Waals surface area contributed by atoms with Crippen molar-refractivity contribution in [2.24, 2.45) is 0 Å². The number of hydrogen-bond donors (Lipinski definition) is 4. The SMILES string of the molecule is Bc1cc(C[C@@H](OC(=O)N2CCC(N3CCc4ccccc4NC3=O)CC2)C(=O)N2CCN(C3CCN(CC(=O)NO)CC3)CC2)ccc1O. The molecule has 0 saturated carbocycles. The molecule has 4 aliphatic heterocycles. The Morgan fingerprint density at radius 1 is 0.900 bits per heavy atom. The number of urea groups is 1. The van der Waals surface area contributed by atoms with E-state index in [4.69, 9.17) is 9.94 Å². The summed E-state index contributed by atoms with van der Waals surface area (Å²) in [6, 6.07) is 13.2. The number of piperidine rings is 2. The molecule has 0 aliphatic carbocycles. The fourth-order valence-corrected chi connectivity index (χ4v) is 7.72. The van der Waals surface area contributed by atoms with Gasteiger partial charge in [-0.3, -0.25) is 24.6 Å². The highest BCUT2D eigenvalue weighted by Crippen LogP contribution is 2.26. The summed E-state index contributed by atoms with van der Waals surface area (Å²) in [4.78, 5) is 61.9. The third kappa shape index (κ3) is 8.51. The van der Waals surface area contributed by atoms with Crippen molar-refractivity contribution in [3.05, 3.63) is 53.6 Å². The van der Waals surface area contributed by atoms with Crippen molar-refractivity contribution in [3.8, 4) is 5.75 Å². The summed E-state index contributed by atoms with van der Waals surface area (Å²) in [5, 5.41) is 21.9. The number of hydroxylamine groups is 1. The van der Waals surface area contributed by atoms with E-state index in [2.05, 4.69) is 10.2 Å². The number of fused-ring (bicyclic) bond motifs is 1. The minimum atomic E-state index is -1.02. The number of amides is 5. The molecule has 1 atom stereocenters. The predicted octanol–water partition coefficient (Wildman–Crippen LogP) is 0.367. The second-order valence-corrected chi connectivity index (χ2v) is 13.8. The van der Waals surface area contributed by atoms with E-state index in [9.17, 15) is 24.3 Å². The molecule has 0 aromatic heterocycles. The van der Waals surface area contributed by atoms with Crippen LogP contribution in [0.5, 0.6) is 5.75 Å². The molecule has 6 rings (SSSR count). The van der Waals surface area contributed by atoms with Gasteiger partial charge in [-0.25, -0.2) is 15.1 Å². The number of piperazine rings is 1. The normalized spacial score (nSPS) is 20.4. The smallest absolute Gasteiger partial charge is 0.410 e. The number of phenolic OH excluding ortho intramolecular Hbond substituents is 1. The molecule has 14 nitrogen and oxygen atoms in total. The average molecular weight is 690 g/mol. The number of nitrogens with one attached hydrogen (secondary N) is 2. The summed E-state index contributed by atoms with van der Waals surface area (Å²) in [7, 11) is 1.79. The molecule has 268 valence electrons. The van der Waals surface area contributed by atoms with Gasteiger partial charge in [0, 0.05) is 83.1 Å². The second kappa shape index (κ2) is 16.1. The lowest BCUT2D eigenvalue weighted by molar-refractivity contribution is -0.143. The van der Waals surface area contributed by atoms with Crippen LogP contribution < -0.4 is 16.3 Å². The van der Waals surface area contributed by atoms with Gasteiger partial charge in [0.05, 0.1) is 6.54 Å². The second-order valence-electron chi connectivity index (χ2n) is 13.8. The van der Waals surface area contributed by atoms with Crippen LogP contribution in [0.15, 0.2) is 42.5 Å². The van der Waals surface area contributed by atoms with Crippen LogP contribution in [0.1, 0.15) is 36.8 Å². The number of hydrogen-bond acceptors (Lipinski definition) is 9. The molecule has 5 amide bonds. The topological polar surface area (TPSA) is 158 Å². The lowest BCUT2D eigenvalue weighted by Crippen LogP contribution is -2.57. The average Bonchev–Trinajstić information content (AvgIpc) is 3.31. The number of nitrogens with zero attached hydrogens (tertiary/aromatic N) is 5. The molecule has 3 saturated heterocycles. The lowest BCUT2D eigenvalue weighted by atomic mass is 9.91. The summed E-state index contributed by atoms with van der Waals surface area (Å²) in [6.07, 6.45) is 2.43. The number of para-hydroxylation sites is 1. The Balaban J connectivity index is 1.04. The van der Waals surface area contributed by atoms with E-state index < -0.39 is 18.1 Å². The molecule has 4 aliphatic rings. The van der Waals surface area contributed by atoms with Crippen LogP contribution in [-0.4, -0.2) is 150 Å². The van der Waals surface area contributed by atoms with Gasteiger partial charge in [0.15, 0.2) is 6.10 Å². The number of ether oxygens (including phenoxy) is 1. The molecule has 15 heteroatoms. The van der Waals surface area contributed by atoms with Crippen LogP contribution in [0, 0.1) is 0 Å². The monoisotopic (exact) mass is 689 g/mol. The highest BCUT2D eigenvalue weighted by molar-refractivity contribution is 6.34. The first-order chi connectivity index (χ1) is 24.2. The molecule has 4 N–H and O–H groups in total. The molecule has 0 bridgehead atoms. The molecule has 0 unspecified atom stereocenters. The van der Waals surface area contributed by atoms with Crippen molar-refractivity contribution >= 4 is 42.9 Å². The van der Waals surface area contributed by atoms with Crippen molar-refractivity contribution in [1.29, 1.82) is 0 Å². The van der Waals surface area contributed by atoms with Crippen molar-refractivity contribution in [2.45, 2.75) is 56.7 Å². The third-order valence-electron chi connectivity index (χ3n) is 10.7. The third-order valence-corrected chi connectivity index (χ3v) is 10.7. The van der Waals surface area contributed by atoms with E-state index in [1.807, 2.05) is 40.1 Å². The lowest BCUT2D eigenvalue weighted by Gasteiger charge is -2.43. The molecule has 3 fully saturated rings. The number of likely N-dealkylation sites (tertiary alicyclic amines) is 2. The van der Waals surface area contributed by atoms with Gasteiger partial charge in [-0.05, 0) is 60.8 Å². The zero-order valence-corrected chi connectivity index (χ0v) is 28.8. The molecular formula is C35H48BN7O7. The van der Waals surface area contributed by atoms with Crippen LogP contribution in [0.3, 0.4) is 0 Å². The zero-order chi connectivity index (χ0) is 35.2. The number of phenols is 1. The quantitative estimate of drug-likeness (QED) is 0.175. The Bertz CT molecular complexity index is 1540. The predicted molar refractivity (Wildman–Crippen MR) is 188 cm³/mol. The van der Waals surface area contributed by atoms with Crippen molar-refractivity contribution < 1.29 is 34.2 Å². The van der Waals surface area contributed by atoms with Gasteiger partial charge in [0.25, 0.3) is 11.8 Å². The highest BCUT2D eigenvalue weighted by Gasteiger charge is 2.36. The Morgan fingerprint density at radius 2 is 1.60 bits per heavy atom. The van der Waals surface area contributed by atoms with Crippen molar-refractivity contribution in [2.75, 3.05) is 70.8 Å². The Hall–Kier alpha value is -4.34. The van der Waals surface area contributed by atoms with Crippen LogP contribution in [0.25, 0.3) is 0 Å². The van der Waals surface area contributed by atoms with E-state index >= 15 is 0 Å². The van der Waals surface area contributed by atoms with E-state index in [0.717, 1.165) is 49.2 Å². The highest BCUT2D eigenvalue weighted by atomic mass is 16.6. The molecule has 2 aromatic rings. The number of aromatic hydroxyl groups is 1. The Kier molecular flexibility index (Phi) is 11.4. The van der Waals surface area contributed by atoms with Gasteiger partial charge in [0.2, 0.25) is 0 Å². The van der Waals surface area contributed by atoms with Gasteiger partial charge in [-0.1, -0.05) is 30.3 Å².